The molecule has 1 saturated heterocycles. The maximum atomic E-state index is 13.5. The fourth-order valence-corrected chi connectivity index (χ4v) is 2.45. The number of alkyl halides is 2. The average Bonchev–Trinajstić information content (AvgIpc) is 2.80. The van der Waals surface area contributed by atoms with E-state index in [4.69, 9.17) is 4.74 Å². The Kier molecular flexibility index (Phi) is 3.85. The van der Waals surface area contributed by atoms with E-state index >= 15 is 0 Å². The van der Waals surface area contributed by atoms with Crippen molar-refractivity contribution < 1.29 is 13.5 Å². The van der Waals surface area contributed by atoms with Crippen molar-refractivity contribution in [2.24, 2.45) is 5.92 Å². The number of hydrogen-bond acceptors (Lipinski definition) is 2. The fraction of sp³-hybridized carbons (Fsp3) is 0.571. The Morgan fingerprint density at radius 1 is 1.44 bits per heavy atom. The van der Waals surface area contributed by atoms with Gasteiger partial charge in [-0.2, -0.15) is 0 Å². The van der Waals surface area contributed by atoms with Crippen LogP contribution in [0.5, 0.6) is 5.75 Å². The van der Waals surface area contributed by atoms with Gasteiger partial charge in [0.1, 0.15) is 5.75 Å². The van der Waals surface area contributed by atoms with E-state index in [2.05, 4.69) is 5.32 Å². The molecule has 1 fully saturated rings. The third kappa shape index (κ3) is 2.99. The van der Waals surface area contributed by atoms with Crippen molar-refractivity contribution in [3.05, 3.63) is 29.3 Å². The van der Waals surface area contributed by atoms with Gasteiger partial charge in [-0.15, -0.1) is 0 Å². The van der Waals surface area contributed by atoms with E-state index in [-0.39, 0.29) is 11.3 Å². The lowest BCUT2D eigenvalue weighted by Gasteiger charge is -2.17. The highest BCUT2D eigenvalue weighted by Gasteiger charge is 2.29. The molecular weight excluding hydrogens is 236 g/mol. The minimum Gasteiger partial charge on any atom is -0.496 e. The fourth-order valence-electron chi connectivity index (χ4n) is 2.45. The number of methoxy groups -OCH3 is 1. The zero-order valence-corrected chi connectivity index (χ0v) is 10.8. The number of rotatable bonds is 4. The monoisotopic (exact) mass is 255 g/mol. The van der Waals surface area contributed by atoms with Crippen LogP contribution in [0.15, 0.2) is 18.2 Å². The second-order valence-electron chi connectivity index (χ2n) is 4.99. The third-order valence-electron chi connectivity index (χ3n) is 3.42. The van der Waals surface area contributed by atoms with Crippen molar-refractivity contribution in [1.29, 1.82) is 0 Å². The maximum absolute atomic E-state index is 13.5. The van der Waals surface area contributed by atoms with Crippen molar-refractivity contribution in [3.63, 3.8) is 0 Å². The van der Waals surface area contributed by atoms with Crippen molar-refractivity contribution in [1.82, 2.24) is 5.32 Å². The summed E-state index contributed by atoms with van der Waals surface area (Å²) >= 11 is 0. The number of hydrogen-bond donors (Lipinski definition) is 1. The van der Waals surface area contributed by atoms with Crippen molar-refractivity contribution in [3.8, 4) is 5.75 Å². The van der Waals surface area contributed by atoms with E-state index in [1.807, 2.05) is 6.07 Å². The molecule has 1 aromatic carbocycles. The summed E-state index contributed by atoms with van der Waals surface area (Å²) in [5, 5.41) is 3.29. The van der Waals surface area contributed by atoms with E-state index in [0.717, 1.165) is 38.4 Å². The molecule has 1 aromatic rings. The van der Waals surface area contributed by atoms with Gasteiger partial charge < -0.3 is 10.1 Å². The molecule has 0 amide bonds. The first-order valence-electron chi connectivity index (χ1n) is 6.26. The van der Waals surface area contributed by atoms with Gasteiger partial charge in [-0.25, -0.2) is 8.78 Å². The Labute approximate surface area is 106 Å². The molecule has 2 rings (SSSR count). The van der Waals surface area contributed by atoms with Crippen LogP contribution in [-0.4, -0.2) is 20.2 Å². The molecule has 0 aliphatic carbocycles. The molecule has 2 nitrogen and oxygen atoms in total. The van der Waals surface area contributed by atoms with Crippen LogP contribution >= 0.6 is 0 Å². The Balaban J connectivity index is 2.22. The number of ether oxygens (including phenoxy) is 1. The Bertz CT molecular complexity index is 409. The van der Waals surface area contributed by atoms with Crippen LogP contribution in [-0.2, 0) is 12.3 Å². The van der Waals surface area contributed by atoms with Crippen LogP contribution in [0.25, 0.3) is 0 Å². The number of benzene rings is 1. The zero-order chi connectivity index (χ0) is 13.2. The molecule has 1 unspecified atom stereocenters. The van der Waals surface area contributed by atoms with Crippen molar-refractivity contribution >= 4 is 0 Å². The molecule has 0 bridgehead atoms. The van der Waals surface area contributed by atoms with Crippen molar-refractivity contribution in [2.75, 3.05) is 20.2 Å². The van der Waals surface area contributed by atoms with E-state index in [9.17, 15) is 8.78 Å². The zero-order valence-electron chi connectivity index (χ0n) is 10.8. The average molecular weight is 255 g/mol. The highest BCUT2D eigenvalue weighted by atomic mass is 19.3. The molecule has 1 heterocycles. The van der Waals surface area contributed by atoms with Gasteiger partial charge in [-0.1, -0.05) is 6.07 Å². The second-order valence-corrected chi connectivity index (χ2v) is 4.99. The molecule has 0 radical (unpaired) electrons. The summed E-state index contributed by atoms with van der Waals surface area (Å²) in [6.45, 7) is 2.91. The minimum atomic E-state index is -2.87. The topological polar surface area (TPSA) is 21.3 Å². The van der Waals surface area contributed by atoms with E-state index in [1.165, 1.54) is 7.11 Å². The van der Waals surface area contributed by atoms with Gasteiger partial charge in [-0.3, -0.25) is 0 Å². The molecule has 1 atom stereocenters. The summed E-state index contributed by atoms with van der Waals surface area (Å²) in [6.07, 6.45) is 1.96. The van der Waals surface area contributed by atoms with Crippen molar-refractivity contribution in [2.45, 2.75) is 25.7 Å². The molecule has 18 heavy (non-hydrogen) atoms. The van der Waals surface area contributed by atoms with Gasteiger partial charge in [0.05, 0.1) is 12.7 Å². The molecule has 0 saturated carbocycles. The lowest BCUT2D eigenvalue weighted by Crippen LogP contribution is -2.13. The molecule has 0 aromatic heterocycles. The van der Waals surface area contributed by atoms with Crippen LogP contribution in [0.4, 0.5) is 8.78 Å². The summed E-state index contributed by atoms with van der Waals surface area (Å²) in [7, 11) is 1.42. The van der Waals surface area contributed by atoms with Crippen LogP contribution in [0, 0.1) is 5.92 Å². The molecular formula is C14H19F2NO. The SMILES string of the molecule is COc1ccc(CC2CCNC2)cc1C(C)(F)F. The smallest absolute Gasteiger partial charge is 0.274 e. The Morgan fingerprint density at radius 2 is 2.22 bits per heavy atom. The van der Waals surface area contributed by atoms with Gasteiger partial charge in [-0.05, 0) is 49.5 Å². The summed E-state index contributed by atoms with van der Waals surface area (Å²) in [6, 6.07) is 5.11. The van der Waals surface area contributed by atoms with Crippen LogP contribution in [0.2, 0.25) is 0 Å². The van der Waals surface area contributed by atoms with Gasteiger partial charge >= 0.3 is 0 Å². The van der Waals surface area contributed by atoms with E-state index < -0.39 is 5.92 Å². The van der Waals surface area contributed by atoms with Crippen LogP contribution < -0.4 is 10.1 Å². The van der Waals surface area contributed by atoms with Gasteiger partial charge in [0, 0.05) is 6.92 Å². The predicted octanol–water partition coefficient (Wildman–Crippen LogP) is 2.96. The van der Waals surface area contributed by atoms with E-state index in [0.29, 0.717) is 5.92 Å². The standard InChI is InChI=1S/C14H19F2NO/c1-14(15,16)12-8-10(3-4-13(12)18-2)7-11-5-6-17-9-11/h3-4,8,11,17H,5-7,9H2,1-2H3. The summed E-state index contributed by atoms with van der Waals surface area (Å²) in [5.41, 5.74) is 0.939. The Hall–Kier alpha value is -1.16. The molecule has 1 aliphatic rings. The van der Waals surface area contributed by atoms with Gasteiger partial charge in [0.15, 0.2) is 0 Å². The predicted molar refractivity (Wildman–Crippen MR) is 67.2 cm³/mol. The van der Waals surface area contributed by atoms with Crippen LogP contribution in [0.1, 0.15) is 24.5 Å². The quantitative estimate of drug-likeness (QED) is 0.893. The molecule has 1 N–H and O–H groups in total. The Morgan fingerprint density at radius 3 is 2.78 bits per heavy atom. The summed E-state index contributed by atoms with van der Waals surface area (Å²) in [5.74, 6) is -2.05. The first-order valence-corrected chi connectivity index (χ1v) is 6.26. The molecule has 0 spiro atoms. The number of nitrogens with one attached hydrogen (secondary N) is 1. The summed E-state index contributed by atoms with van der Waals surface area (Å²) in [4.78, 5) is 0. The highest BCUT2D eigenvalue weighted by Crippen LogP contribution is 2.35. The normalized spacial score (nSPS) is 20.1. The lowest BCUT2D eigenvalue weighted by molar-refractivity contribution is 0.0150. The number of halogens is 2. The second kappa shape index (κ2) is 5.22. The minimum absolute atomic E-state index is 0.0199. The van der Waals surface area contributed by atoms with E-state index in [1.54, 1.807) is 12.1 Å². The maximum Gasteiger partial charge on any atom is 0.274 e. The highest BCUT2D eigenvalue weighted by molar-refractivity contribution is 5.40. The first kappa shape index (κ1) is 13.3. The molecule has 1 aliphatic heterocycles. The molecule has 4 heteroatoms. The first-order chi connectivity index (χ1) is 8.50. The van der Waals surface area contributed by atoms with Gasteiger partial charge in [0.2, 0.25) is 0 Å². The van der Waals surface area contributed by atoms with Crippen LogP contribution in [0.3, 0.4) is 0 Å². The van der Waals surface area contributed by atoms with Gasteiger partial charge in [0.25, 0.3) is 5.92 Å². The third-order valence-corrected chi connectivity index (χ3v) is 3.42. The summed E-state index contributed by atoms with van der Waals surface area (Å²) < 4.78 is 32.0. The largest absolute Gasteiger partial charge is 0.496 e. The molecule has 100 valence electrons. The lowest BCUT2D eigenvalue weighted by atomic mass is 9.96.